The van der Waals surface area contributed by atoms with Crippen LogP contribution in [0.25, 0.3) is 0 Å². The molecule has 0 spiro atoms. The summed E-state index contributed by atoms with van der Waals surface area (Å²) < 4.78 is 24.7. The van der Waals surface area contributed by atoms with Gasteiger partial charge in [-0.1, -0.05) is 12.1 Å². The van der Waals surface area contributed by atoms with E-state index in [0.717, 1.165) is 15.6 Å². The molecular weight excluding hydrogens is 389 g/mol. The minimum atomic E-state index is -0.252. The zero-order chi connectivity index (χ0) is 18.2. The fourth-order valence-corrected chi connectivity index (χ4v) is 2.96. The summed E-state index contributed by atoms with van der Waals surface area (Å²) in [6.45, 7) is 1.02. The van der Waals surface area contributed by atoms with Crippen molar-refractivity contribution in [3.05, 3.63) is 57.8 Å². The number of benzene rings is 2. The van der Waals surface area contributed by atoms with Crippen LogP contribution in [0.5, 0.6) is 11.5 Å². The number of halogens is 2. The lowest BCUT2D eigenvalue weighted by Gasteiger charge is -2.15. The number of hydrogen-bond donors (Lipinski definition) is 2. The second-order valence-corrected chi connectivity index (χ2v) is 6.08. The summed E-state index contributed by atoms with van der Waals surface area (Å²) in [6.07, 6.45) is 0. The molecule has 0 aliphatic rings. The molecule has 2 aromatic carbocycles. The van der Waals surface area contributed by atoms with Gasteiger partial charge in [-0.3, -0.25) is 4.99 Å². The number of methoxy groups -OCH3 is 2. The second kappa shape index (κ2) is 9.27. The van der Waals surface area contributed by atoms with Gasteiger partial charge >= 0.3 is 0 Å². The highest BCUT2D eigenvalue weighted by molar-refractivity contribution is 9.10. The predicted octanol–water partition coefficient (Wildman–Crippen LogP) is 3.47. The number of nitrogens with one attached hydrogen (secondary N) is 2. The Hall–Kier alpha value is -2.28. The average Bonchev–Trinajstić information content (AvgIpc) is 2.61. The molecule has 5 nitrogen and oxygen atoms in total. The molecule has 0 aliphatic heterocycles. The molecule has 0 bridgehead atoms. The van der Waals surface area contributed by atoms with Crippen molar-refractivity contribution < 1.29 is 13.9 Å². The van der Waals surface area contributed by atoms with Crippen LogP contribution in [0.15, 0.2) is 45.9 Å². The quantitative estimate of drug-likeness (QED) is 0.566. The van der Waals surface area contributed by atoms with Crippen LogP contribution in [0.4, 0.5) is 4.39 Å². The fraction of sp³-hybridized carbons (Fsp3) is 0.278. The molecule has 0 radical (unpaired) electrons. The molecule has 0 amide bonds. The van der Waals surface area contributed by atoms with E-state index in [1.807, 2.05) is 18.2 Å². The van der Waals surface area contributed by atoms with Crippen LogP contribution in [0.3, 0.4) is 0 Å². The van der Waals surface area contributed by atoms with E-state index in [4.69, 9.17) is 9.47 Å². The molecule has 0 unspecified atom stereocenters. The van der Waals surface area contributed by atoms with Gasteiger partial charge in [0.1, 0.15) is 5.82 Å². The summed E-state index contributed by atoms with van der Waals surface area (Å²) in [6, 6.07) is 10.3. The number of nitrogens with zero attached hydrogens (tertiary/aromatic N) is 1. The minimum Gasteiger partial charge on any atom is -0.493 e. The highest BCUT2D eigenvalue weighted by Crippen LogP contribution is 2.36. The number of rotatable bonds is 6. The normalized spacial score (nSPS) is 11.2. The molecule has 0 fully saturated rings. The Morgan fingerprint density at radius 1 is 1.08 bits per heavy atom. The summed E-state index contributed by atoms with van der Waals surface area (Å²) in [5.41, 5.74) is 1.84. The zero-order valence-corrected chi connectivity index (χ0v) is 16.0. The maximum absolute atomic E-state index is 13.2. The van der Waals surface area contributed by atoms with Gasteiger partial charge in [-0.05, 0) is 51.3 Å². The van der Waals surface area contributed by atoms with Gasteiger partial charge in [0.15, 0.2) is 17.5 Å². The van der Waals surface area contributed by atoms with Gasteiger partial charge in [0.2, 0.25) is 0 Å². The third-order valence-electron chi connectivity index (χ3n) is 3.53. The van der Waals surface area contributed by atoms with E-state index >= 15 is 0 Å². The van der Waals surface area contributed by atoms with Gasteiger partial charge < -0.3 is 20.1 Å². The van der Waals surface area contributed by atoms with Crippen molar-refractivity contribution in [1.82, 2.24) is 10.6 Å². The lowest BCUT2D eigenvalue weighted by molar-refractivity contribution is 0.352. The zero-order valence-electron chi connectivity index (χ0n) is 14.4. The van der Waals surface area contributed by atoms with Crippen LogP contribution < -0.4 is 20.1 Å². The van der Waals surface area contributed by atoms with Crippen LogP contribution in [0.1, 0.15) is 11.1 Å². The Labute approximate surface area is 155 Å². The maximum atomic E-state index is 13.2. The molecule has 0 aromatic heterocycles. The SMILES string of the molecule is CN=C(NCc1cccc(F)c1)NCc1cc(Br)c(OC)c(OC)c1. The van der Waals surface area contributed by atoms with Crippen molar-refractivity contribution in [3.8, 4) is 11.5 Å². The van der Waals surface area contributed by atoms with Crippen LogP contribution in [-0.2, 0) is 13.1 Å². The first-order valence-corrected chi connectivity index (χ1v) is 8.46. The minimum absolute atomic E-state index is 0.252. The molecule has 2 aromatic rings. The Kier molecular flexibility index (Phi) is 7.06. The van der Waals surface area contributed by atoms with Gasteiger partial charge in [0.05, 0.1) is 18.7 Å². The molecule has 2 rings (SSSR count). The maximum Gasteiger partial charge on any atom is 0.191 e. The molecule has 7 heteroatoms. The van der Waals surface area contributed by atoms with Crippen LogP contribution in [-0.4, -0.2) is 27.2 Å². The Morgan fingerprint density at radius 2 is 1.80 bits per heavy atom. The number of ether oxygens (including phenoxy) is 2. The Balaban J connectivity index is 1.98. The van der Waals surface area contributed by atoms with Gasteiger partial charge in [0, 0.05) is 20.1 Å². The third-order valence-corrected chi connectivity index (χ3v) is 4.11. The smallest absolute Gasteiger partial charge is 0.191 e. The van der Waals surface area contributed by atoms with E-state index in [9.17, 15) is 4.39 Å². The summed E-state index contributed by atoms with van der Waals surface area (Å²) in [5.74, 6) is 1.67. The van der Waals surface area contributed by atoms with Gasteiger partial charge in [-0.2, -0.15) is 0 Å². The highest BCUT2D eigenvalue weighted by atomic mass is 79.9. The molecule has 0 saturated carbocycles. The highest BCUT2D eigenvalue weighted by Gasteiger charge is 2.10. The van der Waals surface area contributed by atoms with Crippen LogP contribution >= 0.6 is 15.9 Å². The van der Waals surface area contributed by atoms with Crippen molar-refractivity contribution in [2.45, 2.75) is 13.1 Å². The lowest BCUT2D eigenvalue weighted by atomic mass is 10.2. The van der Waals surface area contributed by atoms with Crippen molar-refractivity contribution in [2.75, 3.05) is 21.3 Å². The molecule has 0 aliphatic carbocycles. The van der Waals surface area contributed by atoms with Gasteiger partial charge in [-0.25, -0.2) is 4.39 Å². The van der Waals surface area contributed by atoms with E-state index in [2.05, 4.69) is 31.6 Å². The first-order valence-electron chi connectivity index (χ1n) is 7.66. The second-order valence-electron chi connectivity index (χ2n) is 5.22. The topological polar surface area (TPSA) is 54.9 Å². The molecule has 0 atom stereocenters. The fourth-order valence-electron chi connectivity index (χ4n) is 2.31. The van der Waals surface area contributed by atoms with Gasteiger partial charge in [-0.15, -0.1) is 0 Å². The number of aliphatic imine (C=N–C) groups is 1. The van der Waals surface area contributed by atoms with E-state index in [-0.39, 0.29) is 5.82 Å². The van der Waals surface area contributed by atoms with E-state index < -0.39 is 0 Å². The summed E-state index contributed by atoms with van der Waals surface area (Å²) in [5, 5.41) is 6.37. The number of guanidine groups is 1. The van der Waals surface area contributed by atoms with Gasteiger partial charge in [0.25, 0.3) is 0 Å². The standard InChI is InChI=1S/C18H21BrFN3O2/c1-21-18(22-10-12-5-4-6-14(20)7-12)23-11-13-8-15(19)17(25-3)16(9-13)24-2/h4-9H,10-11H2,1-3H3,(H2,21,22,23). The first-order chi connectivity index (χ1) is 12.1. The molecule has 2 N–H and O–H groups in total. The van der Waals surface area contributed by atoms with Crippen molar-refractivity contribution in [2.24, 2.45) is 4.99 Å². The average molecular weight is 410 g/mol. The molecule has 0 saturated heterocycles. The first kappa shape index (κ1) is 19.1. The van der Waals surface area contributed by atoms with Crippen LogP contribution in [0.2, 0.25) is 0 Å². The monoisotopic (exact) mass is 409 g/mol. The van der Waals surface area contributed by atoms with E-state index in [1.54, 1.807) is 27.3 Å². The number of hydrogen-bond acceptors (Lipinski definition) is 3. The largest absolute Gasteiger partial charge is 0.493 e. The molecular formula is C18H21BrFN3O2. The third kappa shape index (κ3) is 5.35. The lowest BCUT2D eigenvalue weighted by Crippen LogP contribution is -2.36. The summed E-state index contributed by atoms with van der Waals surface area (Å²) in [7, 11) is 4.88. The van der Waals surface area contributed by atoms with E-state index in [0.29, 0.717) is 30.5 Å². The molecule has 0 heterocycles. The van der Waals surface area contributed by atoms with Crippen molar-refractivity contribution >= 4 is 21.9 Å². The van der Waals surface area contributed by atoms with Crippen LogP contribution in [0, 0.1) is 5.82 Å². The Bertz CT molecular complexity index is 753. The molecule has 25 heavy (non-hydrogen) atoms. The summed E-state index contributed by atoms with van der Waals surface area (Å²) in [4.78, 5) is 4.17. The van der Waals surface area contributed by atoms with Crippen molar-refractivity contribution in [3.63, 3.8) is 0 Å². The predicted molar refractivity (Wildman–Crippen MR) is 101 cm³/mol. The Morgan fingerprint density at radius 3 is 2.40 bits per heavy atom. The van der Waals surface area contributed by atoms with Crippen molar-refractivity contribution in [1.29, 1.82) is 0 Å². The molecule has 134 valence electrons. The van der Waals surface area contributed by atoms with E-state index in [1.165, 1.54) is 12.1 Å². The summed E-state index contributed by atoms with van der Waals surface area (Å²) >= 11 is 3.48.